The summed E-state index contributed by atoms with van der Waals surface area (Å²) < 4.78 is 159. The maximum atomic E-state index is 12.9. The molecule has 1 aliphatic heterocycles. The molecule has 2 rings (SSSR count). The Hall–Kier alpha value is -1.64. The number of piperazine rings is 1. The predicted molar refractivity (Wildman–Crippen MR) is 115 cm³/mol. The number of nitrogens with zero attached hydrogens (tertiary/aromatic N) is 2. The van der Waals surface area contributed by atoms with E-state index in [1.165, 1.54) is 4.90 Å². The van der Waals surface area contributed by atoms with Gasteiger partial charge in [0, 0.05) is 67.4 Å². The minimum atomic E-state index is -5.69. The molecule has 0 bridgehead atoms. The van der Waals surface area contributed by atoms with Crippen LogP contribution >= 0.6 is 0 Å². The fourth-order valence-electron chi connectivity index (χ4n) is 2.29. The van der Waals surface area contributed by atoms with Gasteiger partial charge in [0.05, 0.1) is 9.82 Å². The highest BCUT2D eigenvalue weighted by Crippen LogP contribution is 2.21. The van der Waals surface area contributed by atoms with Gasteiger partial charge in [0.2, 0.25) is 15.9 Å². The molecule has 2 N–H and O–H groups in total. The zero-order chi connectivity index (χ0) is 35.2. The lowest BCUT2D eigenvalue weighted by Gasteiger charge is -2.36. The van der Waals surface area contributed by atoms with Gasteiger partial charge in [-0.25, -0.2) is 13.1 Å². The molecule has 1 fully saturated rings. The van der Waals surface area contributed by atoms with Gasteiger partial charge in [0.1, 0.15) is 1.41 Å². The summed E-state index contributed by atoms with van der Waals surface area (Å²) in [6.07, 6.45) is -0.619. The molecule has 1 heterocycles. The van der Waals surface area contributed by atoms with Gasteiger partial charge >= 0.3 is 0 Å². The minimum absolute atomic E-state index is 0.126. The molecule has 0 aliphatic carbocycles. The van der Waals surface area contributed by atoms with Gasteiger partial charge in [-0.1, -0.05) is 19.8 Å². The van der Waals surface area contributed by atoms with Crippen LogP contribution in [0.5, 0.6) is 0 Å². The molecule has 8 heteroatoms. The smallest absolute Gasteiger partial charge is 0.221 e. The molecule has 0 radical (unpaired) electrons. The van der Waals surface area contributed by atoms with E-state index in [4.69, 9.17) is 23.4 Å². The maximum absolute atomic E-state index is 12.9. The van der Waals surface area contributed by atoms with E-state index < -0.39 is 85.1 Å². The maximum Gasteiger partial charge on any atom is 0.221 e. The Morgan fingerprint density at radius 1 is 1.43 bits per heavy atom. The number of amides is 1. The molecular formula is C20H34N4O3S. The van der Waals surface area contributed by atoms with E-state index in [1.54, 1.807) is 0 Å². The number of carbonyl (C=O) groups excluding carboxylic acids is 1. The Labute approximate surface area is 193 Å². The van der Waals surface area contributed by atoms with Gasteiger partial charge in [-0.3, -0.25) is 9.69 Å². The quantitative estimate of drug-likeness (QED) is 0.598. The molecule has 28 heavy (non-hydrogen) atoms. The average molecular weight is 428 g/mol. The van der Waals surface area contributed by atoms with E-state index in [0.29, 0.717) is 5.31 Å². The third kappa shape index (κ3) is 8.16. The van der Waals surface area contributed by atoms with Gasteiger partial charge in [-0.05, 0) is 43.4 Å². The molecule has 158 valence electrons. The van der Waals surface area contributed by atoms with Crippen LogP contribution in [0.3, 0.4) is 0 Å². The van der Waals surface area contributed by atoms with Gasteiger partial charge in [-0.15, -0.1) is 0 Å². The first kappa shape index (κ1) is 8.62. The zero-order valence-corrected chi connectivity index (χ0v) is 16.1. The van der Waals surface area contributed by atoms with Crippen LogP contribution < -0.4 is 14.9 Å². The van der Waals surface area contributed by atoms with Crippen LogP contribution in [0.25, 0.3) is 0 Å². The first-order valence-electron chi connectivity index (χ1n) is 17.0. The van der Waals surface area contributed by atoms with Crippen molar-refractivity contribution in [2.45, 2.75) is 33.5 Å². The summed E-state index contributed by atoms with van der Waals surface area (Å²) in [7, 11) is -5.69. The van der Waals surface area contributed by atoms with E-state index in [-0.39, 0.29) is 42.4 Å². The number of hydrogen-bond acceptors (Lipinski definition) is 5. The van der Waals surface area contributed by atoms with Crippen molar-refractivity contribution in [1.29, 1.82) is 0 Å². The van der Waals surface area contributed by atoms with Crippen molar-refractivity contribution >= 4 is 27.3 Å². The predicted octanol–water partition coefficient (Wildman–Crippen LogP) is 2.12. The highest BCUT2D eigenvalue weighted by atomic mass is 32.2. The molecule has 0 aromatic heterocycles. The largest absolute Gasteiger partial charge is 0.369 e. The minimum Gasteiger partial charge on any atom is -0.369 e. The molecule has 3 atom stereocenters. The van der Waals surface area contributed by atoms with Gasteiger partial charge in [0.15, 0.2) is 1.41 Å². The Kier molecular flexibility index (Phi) is 3.32. The summed E-state index contributed by atoms with van der Waals surface area (Å²) >= 11 is 0. The van der Waals surface area contributed by atoms with Crippen molar-refractivity contribution in [2.24, 2.45) is 5.89 Å². The van der Waals surface area contributed by atoms with Crippen LogP contribution in [0.2, 0.25) is 2.82 Å². The average Bonchev–Trinajstić information content (AvgIpc) is 2.85. The zero-order valence-electron chi connectivity index (χ0n) is 32.3. The van der Waals surface area contributed by atoms with E-state index in [1.807, 2.05) is 0 Å². The molecule has 1 amide bonds. The highest BCUT2D eigenvalue weighted by molar-refractivity contribution is 7.89. The number of rotatable bonds is 10. The summed E-state index contributed by atoms with van der Waals surface area (Å²) in [5.74, 6) is -4.94. The second-order valence-electron chi connectivity index (χ2n) is 5.73. The second-order valence-corrected chi connectivity index (χ2v) is 7.15. The second kappa shape index (κ2) is 10.8. The van der Waals surface area contributed by atoms with Crippen LogP contribution in [0.1, 0.15) is 54.0 Å². The van der Waals surface area contributed by atoms with Crippen LogP contribution in [-0.2, 0) is 14.8 Å². The van der Waals surface area contributed by atoms with Crippen LogP contribution in [0.15, 0.2) is 24.2 Å². The third-order valence-electron chi connectivity index (χ3n) is 3.46. The summed E-state index contributed by atoms with van der Waals surface area (Å²) in [5.41, 5.74) is -4.78. The number of carbonyl (C=O) groups is 1. The highest BCUT2D eigenvalue weighted by Gasteiger charge is 2.17. The van der Waals surface area contributed by atoms with Crippen molar-refractivity contribution in [1.82, 2.24) is 9.62 Å². The van der Waals surface area contributed by atoms with Crippen molar-refractivity contribution in [2.75, 3.05) is 55.1 Å². The molecule has 0 saturated carbocycles. The van der Waals surface area contributed by atoms with Crippen molar-refractivity contribution in [3.63, 3.8) is 0 Å². The fourth-order valence-corrected chi connectivity index (χ4v) is 2.98. The van der Waals surface area contributed by atoms with Crippen molar-refractivity contribution in [3.05, 3.63) is 24.2 Å². The molecule has 1 aliphatic rings. The number of anilines is 2. The number of sulfonamides is 1. The fraction of sp³-hybridized carbons (Fsp3) is 0.650. The Bertz CT molecular complexity index is 1330. The molecular weight excluding hydrogens is 376 g/mol. The lowest BCUT2D eigenvalue weighted by Crippen LogP contribution is -2.46. The normalized spacial score (nSPS) is 32.9. The lowest BCUT2D eigenvalue weighted by molar-refractivity contribution is -0.114. The number of hydrogen-bond donors (Lipinski definition) is 2. The summed E-state index contributed by atoms with van der Waals surface area (Å²) in [6, 6.07) is -0.212. The topological polar surface area (TPSA) is 81.8 Å². The van der Waals surface area contributed by atoms with Gasteiger partial charge in [0.25, 0.3) is 0 Å². The molecule has 1 saturated heterocycles. The van der Waals surface area contributed by atoms with Crippen molar-refractivity contribution in [3.8, 4) is 0 Å². The molecule has 1 aromatic carbocycles. The van der Waals surface area contributed by atoms with Crippen LogP contribution in [-0.4, -0.2) is 64.1 Å². The summed E-state index contributed by atoms with van der Waals surface area (Å²) in [4.78, 5) is 14.1. The summed E-state index contributed by atoms with van der Waals surface area (Å²) in [5, 5.41) is 0.331. The van der Waals surface area contributed by atoms with Gasteiger partial charge < -0.3 is 10.2 Å². The SMILES string of the molecule is [2H]c1cc([2H])c(N([2H])C(C)=O)c([2H])c1N1CC([2H])N(C([2H])CCCN([2H])S(=O)(=O)C([2H])([2H])C([2H])(C([2H])([2H])[2H])C([2H])([2H])[2H])C([2H])C1. The molecule has 0 spiro atoms. The Morgan fingerprint density at radius 2 is 2.18 bits per heavy atom. The van der Waals surface area contributed by atoms with Crippen LogP contribution in [0.4, 0.5) is 11.4 Å². The van der Waals surface area contributed by atoms with E-state index in [0.717, 1.165) is 17.9 Å². The van der Waals surface area contributed by atoms with Crippen LogP contribution in [0, 0.1) is 5.89 Å². The van der Waals surface area contributed by atoms with E-state index in [9.17, 15) is 13.2 Å². The van der Waals surface area contributed by atoms with E-state index in [2.05, 4.69) is 0 Å². The first-order valence-corrected chi connectivity index (χ1v) is 9.81. The van der Waals surface area contributed by atoms with E-state index >= 15 is 0 Å². The Balaban J connectivity index is 2.19. The van der Waals surface area contributed by atoms with Gasteiger partial charge in [-0.2, -0.15) is 0 Å². The number of benzene rings is 1. The molecule has 3 unspecified atom stereocenters. The molecule has 1 aromatic rings. The van der Waals surface area contributed by atoms with Crippen molar-refractivity contribution < 1.29 is 36.6 Å². The Morgan fingerprint density at radius 3 is 2.86 bits per heavy atom. The first-order chi connectivity index (χ1) is 20.2. The molecule has 7 nitrogen and oxygen atoms in total. The standard InChI is InChI=1S/C20H34N4O3S/c1-17(2)16-28(26,27)21-9-4-5-10-23-11-13-24(14-12-23)20-8-6-7-19(15-20)22-18(3)25/h6-8,15,17,21H,4-5,9-14,16H2,1-3H3,(H,22,25)/i1D3,2D3,7D,8D,10D,11D,12D,15D,16D2,17D/hD2. The summed E-state index contributed by atoms with van der Waals surface area (Å²) in [6.45, 7) is -12.1. The number of nitrogens with one attached hydrogen (secondary N) is 2. The lowest BCUT2D eigenvalue weighted by atomic mass is 10.2. The third-order valence-corrected chi connectivity index (χ3v) is 4.44. The monoisotopic (exact) mass is 427 g/mol.